The third kappa shape index (κ3) is 4.85. The molecule has 2 fully saturated rings. The van der Waals surface area contributed by atoms with E-state index in [0.29, 0.717) is 35.3 Å². The first kappa shape index (κ1) is 33.1. The van der Waals surface area contributed by atoms with Crippen LogP contribution in [0.1, 0.15) is 132 Å². The van der Waals surface area contributed by atoms with Crippen LogP contribution in [0, 0.1) is 0 Å². The lowest BCUT2D eigenvalue weighted by molar-refractivity contribution is 0.0592. The number of amides is 4. The second-order valence-corrected chi connectivity index (χ2v) is 15.5. The zero-order valence-corrected chi connectivity index (χ0v) is 30.6. The van der Waals surface area contributed by atoms with E-state index >= 15 is 0 Å². The van der Waals surface area contributed by atoms with Gasteiger partial charge in [-0.1, -0.05) is 64.5 Å². The predicted octanol–water partition coefficient (Wildman–Crippen LogP) is 9.29. The topological polar surface area (TPSA) is 81.2 Å². The molecule has 0 bridgehead atoms. The largest absolute Gasteiger partial charge is 0.371 e. The van der Waals surface area contributed by atoms with Gasteiger partial charge in [0.05, 0.1) is 11.1 Å². The number of unbranched alkanes of at least 4 members (excludes halogenated alkanes) is 6. The van der Waals surface area contributed by atoms with Crippen molar-refractivity contribution in [2.75, 3.05) is 49.1 Å². The zero-order valence-electron chi connectivity index (χ0n) is 30.6. The minimum atomic E-state index is -0.216. The van der Waals surface area contributed by atoms with Gasteiger partial charge >= 0.3 is 0 Å². The van der Waals surface area contributed by atoms with Crippen molar-refractivity contribution < 1.29 is 19.2 Å². The van der Waals surface area contributed by atoms with Crippen LogP contribution in [0.3, 0.4) is 0 Å². The van der Waals surface area contributed by atoms with Gasteiger partial charge in [-0.2, -0.15) is 0 Å². The van der Waals surface area contributed by atoms with Crippen molar-refractivity contribution >= 4 is 78.1 Å². The molecule has 8 nitrogen and oxygen atoms in total. The molecule has 4 aliphatic heterocycles. The summed E-state index contributed by atoms with van der Waals surface area (Å²) in [7, 11) is 0. The lowest BCUT2D eigenvalue weighted by Gasteiger charge is -2.33. The van der Waals surface area contributed by atoms with Gasteiger partial charge in [-0.05, 0) is 73.6 Å². The molecule has 0 unspecified atom stereocenters. The Kier molecular flexibility index (Phi) is 8.31. The minimum Gasteiger partial charge on any atom is -0.371 e. The highest BCUT2D eigenvalue weighted by Crippen LogP contribution is 2.52. The molecule has 4 aliphatic rings. The van der Waals surface area contributed by atoms with Crippen LogP contribution < -0.4 is 9.80 Å². The van der Waals surface area contributed by atoms with E-state index < -0.39 is 0 Å². The molecule has 5 aromatic rings. The number of hydrogen-bond donors (Lipinski definition) is 0. The monoisotopic (exact) mass is 696 g/mol. The Bertz CT molecular complexity index is 2140. The number of rotatable bonds is 12. The maximum atomic E-state index is 14.4. The van der Waals surface area contributed by atoms with Gasteiger partial charge in [-0.3, -0.25) is 29.0 Å². The standard InChI is InChI=1S/C44H48N4O4/c1-3-5-7-9-23-47-41(49)29-17-15-27-38-34(46-21-13-14-22-46)26-32-36-30(42(50)48(44(32)52)24-10-8-6-4-2)18-16-28(40(36)38)37-33(45-19-11-12-20-45)25-31(43(47)51)35(29)39(27)37/h15-18,25-26H,3-14,19-24H2,1-2H3. The lowest BCUT2D eigenvalue weighted by atomic mass is 9.80. The maximum Gasteiger partial charge on any atom is 0.261 e. The first-order valence-electron chi connectivity index (χ1n) is 19.9. The fraction of sp³-hybridized carbons (Fsp3) is 0.455. The summed E-state index contributed by atoms with van der Waals surface area (Å²) in [5.41, 5.74) is 4.39. The fourth-order valence-electron chi connectivity index (χ4n) is 9.74. The van der Waals surface area contributed by atoms with E-state index in [4.69, 9.17) is 0 Å². The van der Waals surface area contributed by atoms with Crippen LogP contribution in [0.5, 0.6) is 0 Å². The molecule has 268 valence electrons. The fourth-order valence-corrected chi connectivity index (χ4v) is 9.74. The third-order valence-electron chi connectivity index (χ3n) is 12.3. The van der Waals surface area contributed by atoms with Gasteiger partial charge in [0.15, 0.2) is 0 Å². The number of nitrogens with zero attached hydrogens (tertiary/aromatic N) is 4. The van der Waals surface area contributed by atoms with Gasteiger partial charge in [0.1, 0.15) is 0 Å². The SMILES string of the molecule is CCCCCCN1C(=O)c2ccc3c4c(N5CCCC5)cc5c6c(ccc(c7c(N8CCCC8)cc(c2c37)C1=O)c64)C(=O)N(CCCCCC)C5=O. The Balaban J connectivity index is 1.35. The zero-order chi connectivity index (χ0) is 35.7. The van der Waals surface area contributed by atoms with E-state index in [9.17, 15) is 19.2 Å². The number of fused-ring (bicyclic) bond motifs is 2. The first-order valence-corrected chi connectivity index (χ1v) is 19.9. The molecule has 0 N–H and O–H groups in total. The molecule has 4 amide bonds. The van der Waals surface area contributed by atoms with Crippen molar-refractivity contribution in [2.24, 2.45) is 0 Å². The van der Waals surface area contributed by atoms with Crippen LogP contribution in [0.2, 0.25) is 0 Å². The predicted molar refractivity (Wildman–Crippen MR) is 210 cm³/mol. The van der Waals surface area contributed by atoms with E-state index in [1.165, 1.54) is 9.80 Å². The van der Waals surface area contributed by atoms with Gasteiger partial charge < -0.3 is 9.80 Å². The number of hydrogen-bond acceptors (Lipinski definition) is 6. The second-order valence-electron chi connectivity index (χ2n) is 15.5. The summed E-state index contributed by atoms with van der Waals surface area (Å²) < 4.78 is 0. The normalized spacial score (nSPS) is 17.6. The van der Waals surface area contributed by atoms with Gasteiger partial charge in [0.25, 0.3) is 23.6 Å². The molecule has 8 heteroatoms. The summed E-state index contributed by atoms with van der Waals surface area (Å²) in [4.78, 5) is 65.1. The Morgan fingerprint density at radius 1 is 0.442 bits per heavy atom. The lowest BCUT2D eigenvalue weighted by Crippen LogP contribution is -2.41. The summed E-state index contributed by atoms with van der Waals surface area (Å²) in [6.07, 6.45) is 12.2. The van der Waals surface area contributed by atoms with E-state index in [1.807, 2.05) is 12.1 Å². The Morgan fingerprint density at radius 2 is 0.827 bits per heavy atom. The number of anilines is 2. The van der Waals surface area contributed by atoms with Gasteiger partial charge in [0, 0.05) is 94.1 Å². The highest BCUT2D eigenvalue weighted by atomic mass is 16.2. The van der Waals surface area contributed by atoms with Crippen LogP contribution in [0.15, 0.2) is 36.4 Å². The van der Waals surface area contributed by atoms with Crippen LogP contribution in [0.4, 0.5) is 11.4 Å². The molecule has 0 saturated carbocycles. The minimum absolute atomic E-state index is 0.204. The van der Waals surface area contributed by atoms with E-state index in [0.717, 1.165) is 158 Å². The maximum absolute atomic E-state index is 14.4. The smallest absolute Gasteiger partial charge is 0.261 e. The number of benzene rings is 5. The molecule has 0 atom stereocenters. The van der Waals surface area contributed by atoms with Crippen molar-refractivity contribution in [1.82, 2.24) is 9.80 Å². The molecular weight excluding hydrogens is 649 g/mol. The van der Waals surface area contributed by atoms with Gasteiger partial charge in [-0.15, -0.1) is 0 Å². The van der Waals surface area contributed by atoms with Crippen LogP contribution in [-0.4, -0.2) is 72.7 Å². The summed E-state index contributed by atoms with van der Waals surface area (Å²) >= 11 is 0. The van der Waals surface area contributed by atoms with Crippen molar-refractivity contribution in [2.45, 2.75) is 90.9 Å². The number of carbonyl (C=O) groups is 4. The molecule has 0 spiro atoms. The molecule has 2 saturated heterocycles. The van der Waals surface area contributed by atoms with Crippen molar-refractivity contribution in [1.29, 1.82) is 0 Å². The highest BCUT2D eigenvalue weighted by Gasteiger charge is 2.39. The average molecular weight is 697 g/mol. The van der Waals surface area contributed by atoms with Crippen LogP contribution in [0.25, 0.3) is 43.1 Å². The van der Waals surface area contributed by atoms with Gasteiger partial charge in [0.2, 0.25) is 0 Å². The van der Waals surface area contributed by atoms with E-state index in [-0.39, 0.29) is 23.6 Å². The molecule has 0 aliphatic carbocycles. The molecule has 4 heterocycles. The molecule has 0 aromatic heterocycles. The van der Waals surface area contributed by atoms with E-state index in [2.05, 4.69) is 47.9 Å². The molecule has 52 heavy (non-hydrogen) atoms. The van der Waals surface area contributed by atoms with Crippen molar-refractivity contribution in [3.63, 3.8) is 0 Å². The second kappa shape index (κ2) is 13.0. The van der Waals surface area contributed by atoms with Crippen molar-refractivity contribution in [3.8, 4) is 0 Å². The average Bonchev–Trinajstić information content (AvgIpc) is 3.90. The Morgan fingerprint density at radius 3 is 1.21 bits per heavy atom. The van der Waals surface area contributed by atoms with Gasteiger partial charge in [-0.25, -0.2) is 0 Å². The Hall–Kier alpha value is -4.72. The third-order valence-corrected chi connectivity index (χ3v) is 12.3. The summed E-state index contributed by atoms with van der Waals surface area (Å²) in [6, 6.07) is 12.1. The van der Waals surface area contributed by atoms with Crippen LogP contribution in [-0.2, 0) is 0 Å². The van der Waals surface area contributed by atoms with E-state index in [1.54, 1.807) is 0 Å². The van der Waals surface area contributed by atoms with Crippen molar-refractivity contribution in [3.05, 3.63) is 58.7 Å². The Labute approximate surface area is 305 Å². The number of imide groups is 2. The summed E-state index contributed by atoms with van der Waals surface area (Å²) in [6.45, 7) is 8.71. The summed E-state index contributed by atoms with van der Waals surface area (Å²) in [5.74, 6) is -0.841. The number of carbonyl (C=O) groups excluding carboxylic acids is 4. The quantitative estimate of drug-likeness (QED) is 0.0560. The first-order chi connectivity index (χ1) is 25.4. The highest BCUT2D eigenvalue weighted by molar-refractivity contribution is 6.44. The molecule has 5 aromatic carbocycles. The molecular formula is C44H48N4O4. The molecule has 9 rings (SSSR count). The molecule has 0 radical (unpaired) electrons. The summed E-state index contributed by atoms with van der Waals surface area (Å²) in [5, 5.41) is 7.37. The van der Waals surface area contributed by atoms with Crippen LogP contribution >= 0.6 is 0 Å².